The Kier molecular flexibility index (Phi) is 0.574. The summed E-state index contributed by atoms with van der Waals surface area (Å²) >= 11 is 0. The van der Waals surface area contributed by atoms with E-state index in [9.17, 15) is 0 Å². The Labute approximate surface area is 56.6 Å². The first-order chi connectivity index (χ1) is 4.30. The lowest BCUT2D eigenvalue weighted by atomic mass is 9.85. The van der Waals surface area contributed by atoms with Gasteiger partial charge >= 0.3 is 0 Å². The summed E-state index contributed by atoms with van der Waals surface area (Å²) in [5.41, 5.74) is 0.843. The highest BCUT2D eigenvalue weighted by Crippen LogP contribution is 2.71. The standard InChI is InChI=1S/C9H14/c1-9-3-2-6(5-9)7-4-8(7)9/h6-8H,2-5H2,1H3. The molecule has 0 aromatic carbocycles. The van der Waals surface area contributed by atoms with Crippen LogP contribution in [0.4, 0.5) is 0 Å². The Morgan fingerprint density at radius 2 is 2.33 bits per heavy atom. The average Bonchev–Trinajstić information content (AvgIpc) is 2.49. The third kappa shape index (κ3) is 0.395. The van der Waals surface area contributed by atoms with E-state index in [1.807, 2.05) is 0 Å². The number of hydrogen-bond donors (Lipinski definition) is 0. The van der Waals surface area contributed by atoms with Gasteiger partial charge in [-0.25, -0.2) is 0 Å². The minimum absolute atomic E-state index is 0.843. The van der Waals surface area contributed by atoms with Gasteiger partial charge in [-0.05, 0) is 48.9 Å². The molecular weight excluding hydrogens is 108 g/mol. The molecule has 3 rings (SSSR count). The van der Waals surface area contributed by atoms with Crippen LogP contribution in [0.3, 0.4) is 0 Å². The second kappa shape index (κ2) is 1.09. The van der Waals surface area contributed by atoms with Crippen LogP contribution in [0.25, 0.3) is 0 Å². The quantitative estimate of drug-likeness (QED) is 0.463. The molecule has 2 bridgehead atoms. The molecule has 0 radical (unpaired) electrons. The maximum atomic E-state index is 2.52. The van der Waals surface area contributed by atoms with E-state index in [1.54, 1.807) is 25.7 Å². The summed E-state index contributed by atoms with van der Waals surface area (Å²) in [6, 6.07) is 0. The maximum absolute atomic E-state index is 2.52. The van der Waals surface area contributed by atoms with E-state index in [-0.39, 0.29) is 0 Å². The van der Waals surface area contributed by atoms with Gasteiger partial charge in [0.1, 0.15) is 0 Å². The first kappa shape index (κ1) is 4.76. The zero-order valence-corrected chi connectivity index (χ0v) is 6.06. The van der Waals surface area contributed by atoms with Crippen molar-refractivity contribution in [2.75, 3.05) is 0 Å². The van der Waals surface area contributed by atoms with E-state index in [0.29, 0.717) is 0 Å². The van der Waals surface area contributed by atoms with Gasteiger partial charge in [0.05, 0.1) is 0 Å². The molecule has 0 heterocycles. The molecule has 0 aliphatic heterocycles. The van der Waals surface area contributed by atoms with E-state index < -0.39 is 0 Å². The molecule has 0 N–H and O–H groups in total. The van der Waals surface area contributed by atoms with Gasteiger partial charge in [0.15, 0.2) is 0 Å². The van der Waals surface area contributed by atoms with Crippen LogP contribution in [-0.4, -0.2) is 0 Å². The zero-order valence-electron chi connectivity index (χ0n) is 6.06. The van der Waals surface area contributed by atoms with Crippen LogP contribution in [0, 0.1) is 23.2 Å². The summed E-state index contributed by atoms with van der Waals surface area (Å²) in [5, 5.41) is 0. The first-order valence-electron chi connectivity index (χ1n) is 4.30. The van der Waals surface area contributed by atoms with Gasteiger partial charge in [-0.1, -0.05) is 6.92 Å². The Hall–Kier alpha value is 0. The summed E-state index contributed by atoms with van der Waals surface area (Å²) in [4.78, 5) is 0. The van der Waals surface area contributed by atoms with Gasteiger partial charge in [-0.2, -0.15) is 0 Å². The second-order valence-corrected chi connectivity index (χ2v) is 4.66. The van der Waals surface area contributed by atoms with Crippen molar-refractivity contribution < 1.29 is 0 Å². The molecule has 0 aromatic heterocycles. The Balaban J connectivity index is 2.05. The lowest BCUT2D eigenvalue weighted by molar-refractivity contribution is 0.295. The van der Waals surface area contributed by atoms with Crippen LogP contribution >= 0.6 is 0 Å². The number of fused-ring (bicyclic) bond motifs is 5. The predicted octanol–water partition coefficient (Wildman–Crippen LogP) is 2.44. The molecule has 3 fully saturated rings. The fourth-order valence-corrected chi connectivity index (χ4v) is 3.56. The Bertz CT molecular complexity index is 159. The molecule has 50 valence electrons. The van der Waals surface area contributed by atoms with Gasteiger partial charge in [0.2, 0.25) is 0 Å². The smallest absolute Gasteiger partial charge is 0.0292 e. The number of hydrogen-bond acceptors (Lipinski definition) is 0. The van der Waals surface area contributed by atoms with E-state index >= 15 is 0 Å². The molecule has 9 heavy (non-hydrogen) atoms. The molecule has 3 aliphatic carbocycles. The second-order valence-electron chi connectivity index (χ2n) is 4.66. The molecule has 4 atom stereocenters. The average molecular weight is 122 g/mol. The normalized spacial score (nSPS) is 68.3. The Morgan fingerprint density at radius 1 is 1.44 bits per heavy atom. The summed E-state index contributed by atoms with van der Waals surface area (Å²) in [6.07, 6.45) is 6.31. The monoisotopic (exact) mass is 122 g/mol. The van der Waals surface area contributed by atoms with Gasteiger partial charge in [-0.3, -0.25) is 0 Å². The van der Waals surface area contributed by atoms with Crippen LogP contribution in [0.15, 0.2) is 0 Å². The molecule has 0 heteroatoms. The SMILES string of the molecule is CC12CCC(C1)C1CC12. The highest BCUT2D eigenvalue weighted by atomic mass is 14.7. The van der Waals surface area contributed by atoms with Crippen molar-refractivity contribution in [3.8, 4) is 0 Å². The van der Waals surface area contributed by atoms with Crippen molar-refractivity contribution in [3.05, 3.63) is 0 Å². The third-order valence-corrected chi connectivity index (χ3v) is 4.16. The van der Waals surface area contributed by atoms with Crippen molar-refractivity contribution in [2.24, 2.45) is 23.2 Å². The Morgan fingerprint density at radius 3 is 2.78 bits per heavy atom. The van der Waals surface area contributed by atoms with Gasteiger partial charge < -0.3 is 0 Å². The van der Waals surface area contributed by atoms with Crippen LogP contribution in [0.5, 0.6) is 0 Å². The lowest BCUT2D eigenvalue weighted by Gasteiger charge is -2.20. The molecule has 0 aromatic rings. The van der Waals surface area contributed by atoms with Crippen molar-refractivity contribution in [3.63, 3.8) is 0 Å². The minimum Gasteiger partial charge on any atom is -0.0594 e. The molecule has 0 spiro atoms. The zero-order chi connectivity index (χ0) is 6.06. The van der Waals surface area contributed by atoms with Crippen LogP contribution in [-0.2, 0) is 0 Å². The number of rotatable bonds is 0. The first-order valence-corrected chi connectivity index (χ1v) is 4.30. The predicted molar refractivity (Wildman–Crippen MR) is 37.0 cm³/mol. The molecule has 3 saturated carbocycles. The topological polar surface area (TPSA) is 0 Å². The van der Waals surface area contributed by atoms with Crippen LogP contribution in [0.1, 0.15) is 32.6 Å². The minimum atomic E-state index is 0.843. The molecule has 0 saturated heterocycles. The molecule has 4 unspecified atom stereocenters. The van der Waals surface area contributed by atoms with E-state index in [4.69, 9.17) is 0 Å². The highest BCUT2D eigenvalue weighted by Gasteiger charge is 2.63. The largest absolute Gasteiger partial charge is 0.0594 e. The van der Waals surface area contributed by atoms with Gasteiger partial charge in [-0.15, -0.1) is 0 Å². The maximum Gasteiger partial charge on any atom is -0.0292 e. The molecule has 3 aliphatic rings. The highest BCUT2D eigenvalue weighted by molar-refractivity contribution is 5.12. The summed E-state index contributed by atoms with van der Waals surface area (Å²) in [7, 11) is 0. The summed E-state index contributed by atoms with van der Waals surface area (Å²) < 4.78 is 0. The van der Waals surface area contributed by atoms with Crippen molar-refractivity contribution in [2.45, 2.75) is 32.6 Å². The van der Waals surface area contributed by atoms with E-state index in [1.165, 1.54) is 17.8 Å². The van der Waals surface area contributed by atoms with Crippen molar-refractivity contribution in [1.82, 2.24) is 0 Å². The van der Waals surface area contributed by atoms with Crippen molar-refractivity contribution in [1.29, 1.82) is 0 Å². The van der Waals surface area contributed by atoms with Gasteiger partial charge in [0.25, 0.3) is 0 Å². The van der Waals surface area contributed by atoms with Crippen LogP contribution < -0.4 is 0 Å². The van der Waals surface area contributed by atoms with Crippen molar-refractivity contribution >= 4 is 0 Å². The van der Waals surface area contributed by atoms with E-state index in [2.05, 4.69) is 6.92 Å². The lowest BCUT2D eigenvalue weighted by Crippen LogP contribution is -2.11. The van der Waals surface area contributed by atoms with Crippen LogP contribution in [0.2, 0.25) is 0 Å². The van der Waals surface area contributed by atoms with Gasteiger partial charge in [0, 0.05) is 0 Å². The fraction of sp³-hybridized carbons (Fsp3) is 1.00. The molecular formula is C9H14. The molecule has 0 nitrogen and oxygen atoms in total. The summed E-state index contributed by atoms with van der Waals surface area (Å²) in [6.45, 7) is 2.52. The molecule has 0 amide bonds. The fourth-order valence-electron chi connectivity index (χ4n) is 3.56. The summed E-state index contributed by atoms with van der Waals surface area (Å²) in [5.74, 6) is 3.58. The van der Waals surface area contributed by atoms with E-state index in [0.717, 1.165) is 5.41 Å². The third-order valence-electron chi connectivity index (χ3n) is 4.16.